The van der Waals surface area contributed by atoms with Crippen molar-refractivity contribution in [3.63, 3.8) is 0 Å². The zero-order valence-electron chi connectivity index (χ0n) is 7.46. The van der Waals surface area contributed by atoms with Crippen LogP contribution in [0.25, 0.3) is 0 Å². The predicted octanol–water partition coefficient (Wildman–Crippen LogP) is -3.50. The number of rotatable bonds is 3. The molecule has 0 aromatic heterocycles. The maximum absolute atomic E-state index is 10.8. The fourth-order valence-corrected chi connectivity index (χ4v) is 1.24. The van der Waals surface area contributed by atoms with Crippen LogP contribution in [-0.4, -0.2) is 58.9 Å². The SMILES string of the molecule is NCC(=O)NC1O[C@H](CO)[C@@H](O)[C@H]1O. The van der Waals surface area contributed by atoms with Crippen LogP contribution in [-0.2, 0) is 9.53 Å². The molecule has 0 aromatic rings. The summed E-state index contributed by atoms with van der Waals surface area (Å²) in [5.41, 5.74) is 5.04. The molecule has 1 fully saturated rings. The second kappa shape index (κ2) is 4.67. The van der Waals surface area contributed by atoms with Crippen molar-refractivity contribution in [3.05, 3.63) is 0 Å². The van der Waals surface area contributed by atoms with Gasteiger partial charge in [-0.05, 0) is 0 Å². The van der Waals surface area contributed by atoms with Gasteiger partial charge in [0.1, 0.15) is 18.3 Å². The minimum absolute atomic E-state index is 0.230. The van der Waals surface area contributed by atoms with E-state index in [9.17, 15) is 15.0 Å². The average Bonchev–Trinajstić information content (AvgIpc) is 2.45. The van der Waals surface area contributed by atoms with Gasteiger partial charge in [0, 0.05) is 0 Å². The summed E-state index contributed by atoms with van der Waals surface area (Å²) < 4.78 is 4.97. The zero-order valence-corrected chi connectivity index (χ0v) is 7.46. The molecule has 1 aliphatic rings. The quantitative estimate of drug-likeness (QED) is 0.326. The van der Waals surface area contributed by atoms with Crippen LogP contribution in [0.4, 0.5) is 0 Å². The van der Waals surface area contributed by atoms with Crippen molar-refractivity contribution >= 4 is 5.91 Å². The Morgan fingerprint density at radius 1 is 1.43 bits per heavy atom. The Hall–Kier alpha value is -0.730. The molecular weight excluding hydrogens is 192 g/mol. The molecule has 4 atom stereocenters. The standard InChI is InChI=1S/C7H14N2O5/c8-1-4(11)9-7-6(13)5(12)3(2-10)14-7/h3,5-7,10,12-13H,1-2,8H2,(H,9,11)/t3-,5-,6-,7?/m1/s1. The second-order valence-electron chi connectivity index (χ2n) is 3.03. The van der Waals surface area contributed by atoms with Crippen LogP contribution < -0.4 is 11.1 Å². The maximum atomic E-state index is 10.8. The monoisotopic (exact) mass is 206 g/mol. The van der Waals surface area contributed by atoms with Crippen molar-refractivity contribution < 1.29 is 24.9 Å². The number of carbonyl (C=O) groups is 1. The first kappa shape index (κ1) is 11.3. The molecule has 0 saturated carbocycles. The van der Waals surface area contributed by atoms with Crippen molar-refractivity contribution in [2.45, 2.75) is 24.5 Å². The Bertz CT molecular complexity index is 212. The number of amides is 1. The van der Waals surface area contributed by atoms with E-state index in [4.69, 9.17) is 15.6 Å². The van der Waals surface area contributed by atoms with E-state index in [-0.39, 0.29) is 6.54 Å². The molecule has 0 aromatic carbocycles. The first-order chi connectivity index (χ1) is 6.60. The van der Waals surface area contributed by atoms with E-state index < -0.39 is 37.1 Å². The largest absolute Gasteiger partial charge is 0.394 e. The van der Waals surface area contributed by atoms with Crippen molar-refractivity contribution in [2.24, 2.45) is 5.73 Å². The summed E-state index contributed by atoms with van der Waals surface area (Å²) in [5, 5.41) is 29.7. The predicted molar refractivity (Wildman–Crippen MR) is 45.0 cm³/mol. The minimum Gasteiger partial charge on any atom is -0.394 e. The maximum Gasteiger partial charge on any atom is 0.235 e. The number of hydrogen-bond acceptors (Lipinski definition) is 6. The normalized spacial score (nSPS) is 37.1. The topological polar surface area (TPSA) is 125 Å². The molecule has 0 radical (unpaired) electrons. The molecule has 1 saturated heterocycles. The third-order valence-corrected chi connectivity index (χ3v) is 2.03. The van der Waals surface area contributed by atoms with Crippen molar-refractivity contribution in [1.82, 2.24) is 5.32 Å². The van der Waals surface area contributed by atoms with Gasteiger partial charge in [-0.15, -0.1) is 0 Å². The first-order valence-corrected chi connectivity index (χ1v) is 4.22. The fourth-order valence-electron chi connectivity index (χ4n) is 1.24. The van der Waals surface area contributed by atoms with E-state index in [0.29, 0.717) is 0 Å². The molecule has 7 nitrogen and oxygen atoms in total. The number of hydrogen-bond donors (Lipinski definition) is 5. The summed E-state index contributed by atoms with van der Waals surface area (Å²) in [6, 6.07) is 0. The van der Waals surface area contributed by atoms with Gasteiger partial charge in [-0.25, -0.2) is 0 Å². The van der Waals surface area contributed by atoms with E-state index in [1.165, 1.54) is 0 Å². The van der Waals surface area contributed by atoms with Crippen molar-refractivity contribution in [3.8, 4) is 0 Å². The summed E-state index contributed by atoms with van der Waals surface area (Å²) >= 11 is 0. The Balaban J connectivity index is 2.52. The van der Waals surface area contributed by atoms with E-state index in [1.807, 2.05) is 0 Å². The van der Waals surface area contributed by atoms with Crippen LogP contribution in [0.15, 0.2) is 0 Å². The zero-order chi connectivity index (χ0) is 10.7. The average molecular weight is 206 g/mol. The van der Waals surface area contributed by atoms with E-state index in [2.05, 4.69) is 5.32 Å². The van der Waals surface area contributed by atoms with Gasteiger partial charge >= 0.3 is 0 Å². The van der Waals surface area contributed by atoms with Crippen LogP contribution in [0.3, 0.4) is 0 Å². The third-order valence-electron chi connectivity index (χ3n) is 2.03. The number of carbonyl (C=O) groups excluding carboxylic acids is 1. The van der Waals surface area contributed by atoms with Gasteiger partial charge in [-0.2, -0.15) is 0 Å². The highest BCUT2D eigenvalue weighted by atomic mass is 16.6. The van der Waals surface area contributed by atoms with Gasteiger partial charge in [0.2, 0.25) is 5.91 Å². The summed E-state index contributed by atoms with van der Waals surface area (Å²) in [6.45, 7) is -0.653. The van der Waals surface area contributed by atoms with Crippen molar-refractivity contribution in [1.29, 1.82) is 0 Å². The highest BCUT2D eigenvalue weighted by Gasteiger charge is 2.42. The summed E-state index contributed by atoms with van der Waals surface area (Å²) in [4.78, 5) is 10.8. The van der Waals surface area contributed by atoms with Gasteiger partial charge in [0.25, 0.3) is 0 Å². The number of aliphatic hydroxyl groups is 3. The second-order valence-corrected chi connectivity index (χ2v) is 3.03. The first-order valence-electron chi connectivity index (χ1n) is 4.22. The van der Waals surface area contributed by atoms with Gasteiger partial charge in [0.15, 0.2) is 6.23 Å². The molecule has 0 spiro atoms. The van der Waals surface area contributed by atoms with E-state index in [1.54, 1.807) is 0 Å². The lowest BCUT2D eigenvalue weighted by molar-refractivity contribution is -0.126. The van der Waals surface area contributed by atoms with Crippen LogP contribution in [0.2, 0.25) is 0 Å². The smallest absolute Gasteiger partial charge is 0.235 e. The summed E-state index contributed by atoms with van der Waals surface area (Å²) in [7, 11) is 0. The lowest BCUT2D eigenvalue weighted by atomic mass is 10.1. The molecule has 1 unspecified atom stereocenters. The Morgan fingerprint density at radius 3 is 2.50 bits per heavy atom. The Kier molecular flexibility index (Phi) is 3.78. The van der Waals surface area contributed by atoms with Gasteiger partial charge in [0.05, 0.1) is 13.2 Å². The van der Waals surface area contributed by atoms with Crippen LogP contribution >= 0.6 is 0 Å². The Morgan fingerprint density at radius 2 is 2.07 bits per heavy atom. The highest BCUT2D eigenvalue weighted by Crippen LogP contribution is 2.18. The molecule has 1 rings (SSSR count). The third kappa shape index (κ3) is 2.20. The molecule has 6 N–H and O–H groups in total. The molecule has 1 amide bonds. The van der Waals surface area contributed by atoms with Crippen LogP contribution in [0.5, 0.6) is 0 Å². The molecule has 1 heterocycles. The summed E-state index contributed by atoms with van der Waals surface area (Å²) in [5.74, 6) is -0.500. The van der Waals surface area contributed by atoms with Crippen LogP contribution in [0, 0.1) is 0 Å². The summed E-state index contributed by atoms with van der Waals surface area (Å²) in [6.07, 6.45) is -4.35. The lowest BCUT2D eigenvalue weighted by Crippen LogP contribution is -2.45. The number of ether oxygens (including phenoxy) is 1. The van der Waals surface area contributed by atoms with E-state index >= 15 is 0 Å². The van der Waals surface area contributed by atoms with E-state index in [0.717, 1.165) is 0 Å². The van der Waals surface area contributed by atoms with Gasteiger partial charge in [-0.1, -0.05) is 0 Å². The molecule has 1 aliphatic heterocycles. The molecule has 82 valence electrons. The molecular formula is C7H14N2O5. The van der Waals surface area contributed by atoms with Gasteiger partial charge < -0.3 is 31.1 Å². The molecule has 14 heavy (non-hydrogen) atoms. The molecule has 7 heteroatoms. The van der Waals surface area contributed by atoms with Gasteiger partial charge in [-0.3, -0.25) is 4.79 Å². The van der Waals surface area contributed by atoms with Crippen molar-refractivity contribution in [2.75, 3.05) is 13.2 Å². The molecule has 0 bridgehead atoms. The lowest BCUT2D eigenvalue weighted by Gasteiger charge is -2.15. The fraction of sp³-hybridized carbons (Fsp3) is 0.857. The number of nitrogens with one attached hydrogen (secondary N) is 1. The Labute approximate surface area is 80.5 Å². The van der Waals surface area contributed by atoms with Crippen LogP contribution in [0.1, 0.15) is 0 Å². The molecule has 0 aliphatic carbocycles. The number of aliphatic hydroxyl groups excluding tert-OH is 3. The minimum atomic E-state index is -1.25. The highest BCUT2D eigenvalue weighted by molar-refractivity contribution is 5.78. The number of nitrogens with two attached hydrogens (primary N) is 1.